The molecule has 0 saturated heterocycles. The number of pyridine rings is 2. The highest BCUT2D eigenvalue weighted by Gasteiger charge is 2.14. The lowest BCUT2D eigenvalue weighted by Crippen LogP contribution is -2.23. The van der Waals surface area contributed by atoms with E-state index in [-0.39, 0.29) is 5.56 Å². The molecule has 4 nitrogen and oxygen atoms in total. The molecule has 0 aromatic carbocycles. The smallest absolute Gasteiger partial charge is 0.261 e. The van der Waals surface area contributed by atoms with Crippen molar-refractivity contribution in [3.63, 3.8) is 0 Å². The minimum absolute atomic E-state index is 0.0751. The van der Waals surface area contributed by atoms with Crippen molar-refractivity contribution < 1.29 is 0 Å². The van der Waals surface area contributed by atoms with Gasteiger partial charge in [0.15, 0.2) is 0 Å². The average Bonchev–Trinajstić information content (AvgIpc) is 2.62. The van der Waals surface area contributed by atoms with Crippen molar-refractivity contribution in [1.29, 1.82) is 0 Å². The van der Waals surface area contributed by atoms with Gasteiger partial charge >= 0.3 is 0 Å². The van der Waals surface area contributed by atoms with Crippen LogP contribution in [0.25, 0.3) is 5.65 Å². The maximum Gasteiger partial charge on any atom is 0.261 e. The summed E-state index contributed by atoms with van der Waals surface area (Å²) >= 11 is 0. The Kier molecular flexibility index (Phi) is 4.30. The number of aryl methyl sites for hydroxylation is 1. The Morgan fingerprint density at radius 3 is 2.72 bits per heavy atom. The maximum absolute atomic E-state index is 12.8. The first-order valence-corrected chi connectivity index (χ1v) is 8.78. The van der Waals surface area contributed by atoms with Crippen LogP contribution in [0.15, 0.2) is 47.5 Å². The SMILES string of the molecule is O=c1c2c(nc3cc(C#Cc4ccccn4)ccn13)CCCCCC2. The van der Waals surface area contributed by atoms with Gasteiger partial charge in [-0.3, -0.25) is 9.20 Å². The largest absolute Gasteiger partial charge is 0.269 e. The number of aromatic nitrogens is 3. The van der Waals surface area contributed by atoms with Crippen molar-refractivity contribution in [2.45, 2.75) is 38.5 Å². The second-order valence-electron chi connectivity index (χ2n) is 6.37. The molecule has 0 saturated carbocycles. The molecule has 0 radical (unpaired) electrons. The highest BCUT2D eigenvalue weighted by atomic mass is 16.1. The zero-order valence-electron chi connectivity index (χ0n) is 14.0. The molecular weight excluding hydrogens is 310 g/mol. The summed E-state index contributed by atoms with van der Waals surface area (Å²) in [6.07, 6.45) is 9.84. The fourth-order valence-electron chi connectivity index (χ4n) is 3.28. The summed E-state index contributed by atoms with van der Waals surface area (Å²) in [4.78, 5) is 21.8. The van der Waals surface area contributed by atoms with E-state index in [4.69, 9.17) is 4.98 Å². The third-order valence-corrected chi connectivity index (χ3v) is 4.60. The van der Waals surface area contributed by atoms with Crippen LogP contribution in [0, 0.1) is 11.8 Å². The van der Waals surface area contributed by atoms with Crippen LogP contribution in [-0.4, -0.2) is 14.4 Å². The maximum atomic E-state index is 12.8. The first-order valence-electron chi connectivity index (χ1n) is 8.78. The van der Waals surface area contributed by atoms with Gasteiger partial charge in [-0.1, -0.05) is 24.8 Å². The Labute approximate surface area is 146 Å². The van der Waals surface area contributed by atoms with E-state index in [1.165, 1.54) is 12.8 Å². The van der Waals surface area contributed by atoms with Crippen LogP contribution in [0.5, 0.6) is 0 Å². The summed E-state index contributed by atoms with van der Waals surface area (Å²) in [5.41, 5.74) is 4.18. The summed E-state index contributed by atoms with van der Waals surface area (Å²) in [5, 5.41) is 0. The third kappa shape index (κ3) is 3.32. The molecule has 4 heteroatoms. The van der Waals surface area contributed by atoms with Gasteiger partial charge in [0.1, 0.15) is 11.3 Å². The molecule has 25 heavy (non-hydrogen) atoms. The second kappa shape index (κ2) is 6.90. The van der Waals surface area contributed by atoms with Crippen molar-refractivity contribution in [3.8, 4) is 11.8 Å². The zero-order chi connectivity index (χ0) is 17.1. The van der Waals surface area contributed by atoms with E-state index in [0.717, 1.165) is 48.2 Å². The number of rotatable bonds is 0. The van der Waals surface area contributed by atoms with Crippen molar-refractivity contribution in [3.05, 3.63) is 75.6 Å². The van der Waals surface area contributed by atoms with E-state index in [0.29, 0.717) is 5.65 Å². The molecule has 0 amide bonds. The molecule has 0 bridgehead atoms. The molecule has 124 valence electrons. The Hall–Kier alpha value is -2.93. The highest BCUT2D eigenvalue weighted by molar-refractivity contribution is 5.50. The Bertz CT molecular complexity index is 1030. The second-order valence-corrected chi connectivity index (χ2v) is 6.37. The van der Waals surface area contributed by atoms with Gasteiger partial charge in [0.05, 0.1) is 5.69 Å². The predicted molar refractivity (Wildman–Crippen MR) is 97.6 cm³/mol. The molecule has 1 aliphatic rings. The molecule has 0 aliphatic heterocycles. The minimum Gasteiger partial charge on any atom is -0.269 e. The fourth-order valence-corrected chi connectivity index (χ4v) is 3.28. The van der Waals surface area contributed by atoms with Crippen LogP contribution in [-0.2, 0) is 12.8 Å². The van der Waals surface area contributed by atoms with Gasteiger partial charge in [-0.15, -0.1) is 0 Å². The molecule has 3 aromatic rings. The molecule has 4 rings (SSSR count). The van der Waals surface area contributed by atoms with E-state index in [1.807, 2.05) is 30.3 Å². The standard InChI is InChI=1S/C21H19N3O/c25-21-18-8-3-1-2-4-9-19(18)23-20-15-16(12-14-24(20)21)10-11-17-7-5-6-13-22-17/h5-7,12-15H,1-4,8-9H2. The quantitative estimate of drug-likeness (QED) is 0.595. The molecule has 0 spiro atoms. The van der Waals surface area contributed by atoms with E-state index in [1.54, 1.807) is 16.8 Å². The molecule has 3 heterocycles. The summed E-state index contributed by atoms with van der Waals surface area (Å²) in [7, 11) is 0. The molecular formula is C21H19N3O. The zero-order valence-corrected chi connectivity index (χ0v) is 14.0. The molecule has 0 fully saturated rings. The van der Waals surface area contributed by atoms with Crippen molar-refractivity contribution in [2.24, 2.45) is 0 Å². The van der Waals surface area contributed by atoms with Crippen LogP contribution < -0.4 is 5.56 Å². The fraction of sp³-hybridized carbons (Fsp3) is 0.286. The molecule has 0 unspecified atom stereocenters. The Morgan fingerprint density at radius 2 is 1.88 bits per heavy atom. The monoisotopic (exact) mass is 329 g/mol. The van der Waals surface area contributed by atoms with Crippen LogP contribution in [0.4, 0.5) is 0 Å². The van der Waals surface area contributed by atoms with E-state index in [9.17, 15) is 4.79 Å². The number of hydrogen-bond donors (Lipinski definition) is 0. The third-order valence-electron chi connectivity index (χ3n) is 4.60. The lowest BCUT2D eigenvalue weighted by Gasteiger charge is -2.13. The summed E-state index contributed by atoms with van der Waals surface area (Å²) < 4.78 is 1.65. The first kappa shape index (κ1) is 15.6. The number of fused-ring (bicyclic) bond motifs is 2. The molecule has 0 N–H and O–H groups in total. The number of nitrogens with zero attached hydrogens (tertiary/aromatic N) is 3. The van der Waals surface area contributed by atoms with E-state index in [2.05, 4.69) is 16.8 Å². The van der Waals surface area contributed by atoms with Gasteiger partial charge < -0.3 is 0 Å². The van der Waals surface area contributed by atoms with Crippen LogP contribution in [0.1, 0.15) is 48.2 Å². The van der Waals surface area contributed by atoms with Crippen molar-refractivity contribution in [1.82, 2.24) is 14.4 Å². The predicted octanol–water partition coefficient (Wildman–Crippen LogP) is 3.15. The lowest BCUT2D eigenvalue weighted by molar-refractivity contribution is 0.603. The summed E-state index contributed by atoms with van der Waals surface area (Å²) in [5.74, 6) is 6.15. The van der Waals surface area contributed by atoms with Gasteiger partial charge in [-0.05, 0) is 55.9 Å². The minimum atomic E-state index is 0.0751. The Morgan fingerprint density at radius 1 is 1.00 bits per heavy atom. The highest BCUT2D eigenvalue weighted by Crippen LogP contribution is 2.17. The Balaban J connectivity index is 1.77. The molecule has 1 aliphatic carbocycles. The average molecular weight is 329 g/mol. The van der Waals surface area contributed by atoms with Crippen molar-refractivity contribution in [2.75, 3.05) is 0 Å². The van der Waals surface area contributed by atoms with Gasteiger partial charge in [0, 0.05) is 23.5 Å². The lowest BCUT2D eigenvalue weighted by atomic mass is 9.98. The van der Waals surface area contributed by atoms with Gasteiger partial charge in [0.2, 0.25) is 0 Å². The van der Waals surface area contributed by atoms with Crippen LogP contribution >= 0.6 is 0 Å². The molecule has 0 atom stereocenters. The normalized spacial score (nSPS) is 14.1. The topological polar surface area (TPSA) is 47.3 Å². The van der Waals surface area contributed by atoms with Gasteiger partial charge in [-0.2, -0.15) is 0 Å². The number of hydrogen-bond acceptors (Lipinski definition) is 3. The van der Waals surface area contributed by atoms with Crippen molar-refractivity contribution >= 4 is 5.65 Å². The van der Waals surface area contributed by atoms with E-state index >= 15 is 0 Å². The van der Waals surface area contributed by atoms with Gasteiger partial charge in [0.25, 0.3) is 5.56 Å². The summed E-state index contributed by atoms with van der Waals surface area (Å²) in [6, 6.07) is 9.40. The van der Waals surface area contributed by atoms with Crippen LogP contribution in [0.2, 0.25) is 0 Å². The molecule has 3 aromatic heterocycles. The first-order chi connectivity index (χ1) is 12.3. The van der Waals surface area contributed by atoms with E-state index < -0.39 is 0 Å². The summed E-state index contributed by atoms with van der Waals surface area (Å²) in [6.45, 7) is 0. The van der Waals surface area contributed by atoms with Gasteiger partial charge in [-0.25, -0.2) is 9.97 Å². The van der Waals surface area contributed by atoms with Crippen LogP contribution in [0.3, 0.4) is 0 Å².